The number of halogens is 5. The molecule has 2 aromatic rings. The molecule has 1 aliphatic heterocycles. The maximum Gasteiger partial charge on any atom is 0.408 e. The lowest BCUT2D eigenvalue weighted by atomic mass is 10.2. The Morgan fingerprint density at radius 3 is 2.43 bits per heavy atom. The Morgan fingerprint density at radius 2 is 1.79 bits per heavy atom. The van der Waals surface area contributed by atoms with Crippen LogP contribution < -0.4 is 4.90 Å². The summed E-state index contributed by atoms with van der Waals surface area (Å²) in [7, 11) is 0. The summed E-state index contributed by atoms with van der Waals surface area (Å²) in [6, 6.07) is 13.2. The van der Waals surface area contributed by atoms with E-state index in [1.54, 1.807) is 42.5 Å². The van der Waals surface area contributed by atoms with Crippen molar-refractivity contribution in [3.63, 3.8) is 0 Å². The Hall–Kier alpha value is -1.90. The van der Waals surface area contributed by atoms with Crippen LogP contribution in [0.5, 0.6) is 0 Å². The van der Waals surface area contributed by atoms with Crippen LogP contribution in [0.3, 0.4) is 0 Å². The third-order valence-electron chi connectivity index (χ3n) is 3.80. The van der Waals surface area contributed by atoms with Crippen LogP contribution >= 0.6 is 35.0 Å². The van der Waals surface area contributed by atoms with Gasteiger partial charge in [-0.2, -0.15) is 13.2 Å². The molecular formula is C18H14Cl2F3N3OS. The van der Waals surface area contributed by atoms with Crippen LogP contribution in [0.15, 0.2) is 53.5 Å². The number of carbonyl (C=O) groups is 1. The highest BCUT2D eigenvalue weighted by molar-refractivity contribution is 8.14. The fourth-order valence-electron chi connectivity index (χ4n) is 2.52. The van der Waals surface area contributed by atoms with Crippen molar-refractivity contribution in [1.82, 2.24) is 4.90 Å². The van der Waals surface area contributed by atoms with E-state index in [9.17, 15) is 18.0 Å². The number of thioether (sulfide) groups is 1. The van der Waals surface area contributed by atoms with E-state index in [4.69, 9.17) is 23.2 Å². The van der Waals surface area contributed by atoms with E-state index in [-0.39, 0.29) is 17.6 Å². The van der Waals surface area contributed by atoms with Gasteiger partial charge in [0.2, 0.25) is 0 Å². The first-order valence-corrected chi connectivity index (χ1v) is 9.81. The lowest BCUT2D eigenvalue weighted by molar-refractivity contribution is -0.118. The average molecular weight is 448 g/mol. The number of amides is 2. The van der Waals surface area contributed by atoms with E-state index in [2.05, 4.69) is 4.99 Å². The Balaban J connectivity index is 1.91. The summed E-state index contributed by atoms with van der Waals surface area (Å²) >= 11 is 13.0. The predicted molar refractivity (Wildman–Crippen MR) is 107 cm³/mol. The summed E-state index contributed by atoms with van der Waals surface area (Å²) in [4.78, 5) is 19.4. The van der Waals surface area contributed by atoms with Crippen molar-refractivity contribution in [2.24, 2.45) is 4.99 Å². The average Bonchev–Trinajstić information content (AvgIpc) is 2.65. The molecule has 0 spiro atoms. The Bertz CT molecular complexity index is 893. The summed E-state index contributed by atoms with van der Waals surface area (Å²) < 4.78 is 37.9. The number of benzene rings is 2. The summed E-state index contributed by atoms with van der Waals surface area (Å²) in [5.41, 5.74) is 1.27. The lowest BCUT2D eigenvalue weighted by Crippen LogP contribution is -2.50. The molecule has 0 atom stereocenters. The van der Waals surface area contributed by atoms with Crippen molar-refractivity contribution in [2.75, 3.05) is 17.3 Å². The molecule has 2 amide bonds. The second kappa shape index (κ2) is 8.63. The van der Waals surface area contributed by atoms with Crippen molar-refractivity contribution in [3.05, 3.63) is 64.1 Å². The van der Waals surface area contributed by atoms with Gasteiger partial charge in [-0.25, -0.2) is 4.79 Å². The molecule has 0 bridgehead atoms. The minimum absolute atomic E-state index is 0.0144. The number of nitrogens with zero attached hydrogens (tertiary/aromatic N) is 3. The van der Waals surface area contributed by atoms with Crippen LogP contribution in [0, 0.1) is 0 Å². The molecule has 0 saturated carbocycles. The quantitative estimate of drug-likeness (QED) is 0.572. The Morgan fingerprint density at radius 1 is 1.07 bits per heavy atom. The van der Waals surface area contributed by atoms with Gasteiger partial charge in [-0.15, -0.1) is 0 Å². The number of rotatable bonds is 4. The SMILES string of the molecule is O=C1N(Cc2ccc(Cl)c(Cl)c2)C(=NCC(F)(F)F)SCN1c1ccccc1. The van der Waals surface area contributed by atoms with E-state index < -0.39 is 18.8 Å². The zero-order valence-corrected chi connectivity index (χ0v) is 16.6. The van der Waals surface area contributed by atoms with Crippen molar-refractivity contribution >= 4 is 51.8 Å². The van der Waals surface area contributed by atoms with Crippen LogP contribution in [0.25, 0.3) is 0 Å². The number of urea groups is 1. The maximum absolute atomic E-state index is 13.0. The molecule has 1 heterocycles. The molecule has 1 saturated heterocycles. The molecule has 10 heteroatoms. The van der Waals surface area contributed by atoms with Gasteiger partial charge in [-0.1, -0.05) is 59.2 Å². The molecule has 0 N–H and O–H groups in total. The number of anilines is 1. The normalized spacial score (nSPS) is 16.8. The Labute approximate surface area is 173 Å². The number of hydrogen-bond donors (Lipinski definition) is 0. The van der Waals surface area contributed by atoms with E-state index in [1.807, 2.05) is 6.07 Å². The fraction of sp³-hybridized carbons (Fsp3) is 0.222. The molecule has 0 aromatic heterocycles. The molecule has 1 aliphatic rings. The van der Waals surface area contributed by atoms with Gasteiger partial charge < -0.3 is 0 Å². The number of para-hydroxylation sites is 1. The van der Waals surface area contributed by atoms with Gasteiger partial charge in [0.25, 0.3) is 0 Å². The monoisotopic (exact) mass is 447 g/mol. The Kier molecular flexibility index (Phi) is 6.42. The van der Waals surface area contributed by atoms with Crippen LogP contribution in [-0.4, -0.2) is 34.7 Å². The largest absolute Gasteiger partial charge is 0.408 e. The van der Waals surface area contributed by atoms with Gasteiger partial charge in [-0.3, -0.25) is 14.8 Å². The van der Waals surface area contributed by atoms with Crippen molar-refractivity contribution < 1.29 is 18.0 Å². The topological polar surface area (TPSA) is 35.9 Å². The molecule has 0 unspecified atom stereocenters. The first-order chi connectivity index (χ1) is 13.2. The standard InChI is InChI=1S/C18H14Cl2F3N3OS/c19-14-7-6-12(8-15(14)20)9-25-16(24-10-18(21,22)23)28-11-26(17(25)27)13-4-2-1-3-5-13/h1-8H,9-11H2. The number of amidine groups is 1. The third-order valence-corrected chi connectivity index (χ3v) is 5.54. The third kappa shape index (κ3) is 5.12. The van der Waals surface area contributed by atoms with Gasteiger partial charge in [0, 0.05) is 5.69 Å². The summed E-state index contributed by atoms with van der Waals surface area (Å²) in [5.74, 6) is 0.164. The second-order valence-electron chi connectivity index (χ2n) is 5.87. The van der Waals surface area contributed by atoms with Crippen molar-refractivity contribution in [3.8, 4) is 0 Å². The van der Waals surface area contributed by atoms with Gasteiger partial charge in [0.05, 0.1) is 22.5 Å². The molecule has 148 valence electrons. The number of hydrogen-bond acceptors (Lipinski definition) is 3. The van der Waals surface area contributed by atoms with E-state index in [0.29, 0.717) is 21.3 Å². The first kappa shape index (κ1) is 20.8. The highest BCUT2D eigenvalue weighted by Crippen LogP contribution is 2.30. The zero-order valence-electron chi connectivity index (χ0n) is 14.3. The van der Waals surface area contributed by atoms with E-state index in [0.717, 1.165) is 11.8 Å². The highest BCUT2D eigenvalue weighted by atomic mass is 35.5. The highest BCUT2D eigenvalue weighted by Gasteiger charge is 2.34. The van der Waals surface area contributed by atoms with Gasteiger partial charge in [-0.05, 0) is 29.8 Å². The van der Waals surface area contributed by atoms with E-state index in [1.165, 1.54) is 9.80 Å². The van der Waals surface area contributed by atoms with Gasteiger partial charge in [0.15, 0.2) is 5.17 Å². The second-order valence-corrected chi connectivity index (χ2v) is 7.59. The number of alkyl halides is 3. The fourth-order valence-corrected chi connectivity index (χ4v) is 3.80. The molecule has 2 aromatic carbocycles. The van der Waals surface area contributed by atoms with Gasteiger partial charge in [0.1, 0.15) is 6.54 Å². The maximum atomic E-state index is 13.0. The van der Waals surface area contributed by atoms with E-state index >= 15 is 0 Å². The summed E-state index contributed by atoms with van der Waals surface area (Å²) in [6.45, 7) is -1.34. The predicted octanol–water partition coefficient (Wildman–Crippen LogP) is 6.04. The van der Waals surface area contributed by atoms with Crippen LogP contribution in [0.2, 0.25) is 10.0 Å². The molecular weight excluding hydrogens is 434 g/mol. The zero-order chi connectivity index (χ0) is 20.3. The lowest BCUT2D eigenvalue weighted by Gasteiger charge is -2.36. The van der Waals surface area contributed by atoms with Crippen molar-refractivity contribution in [1.29, 1.82) is 0 Å². The molecule has 3 rings (SSSR count). The molecule has 4 nitrogen and oxygen atoms in total. The first-order valence-electron chi connectivity index (χ1n) is 8.06. The number of carbonyl (C=O) groups excluding carboxylic acids is 1. The smallest absolute Gasteiger partial charge is 0.284 e. The van der Waals surface area contributed by atoms with Crippen LogP contribution in [0.1, 0.15) is 5.56 Å². The number of aliphatic imine (C=N–C) groups is 1. The van der Waals surface area contributed by atoms with Gasteiger partial charge >= 0.3 is 12.2 Å². The minimum Gasteiger partial charge on any atom is -0.284 e. The molecule has 28 heavy (non-hydrogen) atoms. The molecule has 0 aliphatic carbocycles. The summed E-state index contributed by atoms with van der Waals surface area (Å²) in [6.07, 6.45) is -4.46. The molecule has 0 radical (unpaired) electrons. The summed E-state index contributed by atoms with van der Waals surface area (Å²) in [5, 5.41) is 0.659. The van der Waals surface area contributed by atoms with Crippen LogP contribution in [0.4, 0.5) is 23.7 Å². The minimum atomic E-state index is -4.46. The molecule has 1 fully saturated rings. The van der Waals surface area contributed by atoms with Crippen molar-refractivity contribution in [2.45, 2.75) is 12.7 Å². The van der Waals surface area contributed by atoms with Crippen LogP contribution in [-0.2, 0) is 6.54 Å².